The number of nitrogens with two attached hydrogens (primary N) is 1. The van der Waals surface area contributed by atoms with Crippen molar-refractivity contribution in [2.24, 2.45) is 5.92 Å². The van der Waals surface area contributed by atoms with E-state index in [-0.39, 0.29) is 18.1 Å². The normalized spacial score (nSPS) is 10.7. The number of hydrogen-bond donors (Lipinski definition) is 3. The van der Waals surface area contributed by atoms with Crippen molar-refractivity contribution in [1.29, 1.82) is 0 Å². The van der Waals surface area contributed by atoms with Gasteiger partial charge in [-0.25, -0.2) is 9.97 Å². The molecule has 1 amide bonds. The third kappa shape index (κ3) is 4.79. The summed E-state index contributed by atoms with van der Waals surface area (Å²) in [5, 5.41) is 6.52. The van der Waals surface area contributed by atoms with Crippen LogP contribution in [0.1, 0.15) is 36.3 Å². The molecule has 2 rings (SSSR count). The highest BCUT2D eigenvalue weighted by atomic mass is 35.5. The first-order chi connectivity index (χ1) is 11.5. The number of nitrogens with one attached hydrogen (secondary N) is 2. The molecule has 0 spiro atoms. The number of carbonyl (C=O) groups excluding carboxylic acids is 1. The summed E-state index contributed by atoms with van der Waals surface area (Å²) >= 11 is 6.23. The first-order valence-corrected chi connectivity index (χ1v) is 8.07. The van der Waals surface area contributed by atoms with Gasteiger partial charge in [0.25, 0.3) is 5.91 Å². The van der Waals surface area contributed by atoms with Crippen molar-refractivity contribution >= 4 is 29.0 Å². The van der Waals surface area contributed by atoms with Gasteiger partial charge in [-0.2, -0.15) is 0 Å². The van der Waals surface area contributed by atoms with Crippen molar-refractivity contribution < 1.29 is 4.79 Å². The second-order valence-corrected chi connectivity index (χ2v) is 6.13. The number of nitrogens with zero attached hydrogens (tertiary/aromatic N) is 3. The predicted molar refractivity (Wildman–Crippen MR) is 94.8 cm³/mol. The predicted octanol–water partition coefficient (Wildman–Crippen LogP) is 2.50. The average Bonchev–Trinajstić information content (AvgIpc) is 2.57. The second-order valence-electron chi connectivity index (χ2n) is 5.73. The first kappa shape index (κ1) is 17.9. The Kier molecular flexibility index (Phi) is 6.31. The van der Waals surface area contributed by atoms with Crippen LogP contribution < -0.4 is 16.4 Å². The fraction of sp³-hybridized carbons (Fsp3) is 0.375. The Hall–Kier alpha value is -2.41. The standard InChI is InChI=1S/C16H21ClN6O/c1-10(2)3-4-21-14-11(15(18)22-8-12(14)17)7-23-16(24)13-9-19-5-6-20-13/h5-6,8-10H,3-4,7H2,1-2H3,(H,23,24)(H3,18,21,22). The molecule has 4 N–H and O–H groups in total. The van der Waals surface area contributed by atoms with E-state index in [1.54, 1.807) is 0 Å². The van der Waals surface area contributed by atoms with Crippen LogP contribution in [0.3, 0.4) is 0 Å². The number of pyridine rings is 1. The number of halogens is 1. The smallest absolute Gasteiger partial charge is 0.271 e. The summed E-state index contributed by atoms with van der Waals surface area (Å²) in [7, 11) is 0. The largest absolute Gasteiger partial charge is 0.383 e. The minimum Gasteiger partial charge on any atom is -0.383 e. The molecule has 0 saturated heterocycles. The van der Waals surface area contributed by atoms with Crippen molar-refractivity contribution in [2.45, 2.75) is 26.8 Å². The summed E-state index contributed by atoms with van der Waals surface area (Å²) < 4.78 is 0. The Morgan fingerprint density at radius 1 is 1.29 bits per heavy atom. The molecule has 2 aromatic rings. The lowest BCUT2D eigenvalue weighted by atomic mass is 10.1. The molecule has 0 bridgehead atoms. The first-order valence-electron chi connectivity index (χ1n) is 7.70. The van der Waals surface area contributed by atoms with Crippen LogP contribution in [0.15, 0.2) is 24.8 Å². The molecule has 8 heteroatoms. The number of amides is 1. The van der Waals surface area contributed by atoms with Crippen LogP contribution in [0.2, 0.25) is 5.02 Å². The van der Waals surface area contributed by atoms with Crippen molar-refractivity contribution in [3.05, 3.63) is 41.1 Å². The minimum absolute atomic E-state index is 0.193. The van der Waals surface area contributed by atoms with Gasteiger partial charge in [0.15, 0.2) is 0 Å². The summed E-state index contributed by atoms with van der Waals surface area (Å²) in [6.07, 6.45) is 6.86. The van der Waals surface area contributed by atoms with Gasteiger partial charge in [0.1, 0.15) is 11.5 Å². The number of hydrogen-bond acceptors (Lipinski definition) is 6. The lowest BCUT2D eigenvalue weighted by molar-refractivity contribution is 0.0945. The molecule has 0 aliphatic rings. The van der Waals surface area contributed by atoms with Gasteiger partial charge in [0.05, 0.1) is 23.1 Å². The number of aromatic nitrogens is 3. The fourth-order valence-electron chi connectivity index (χ4n) is 2.07. The van der Waals surface area contributed by atoms with Crippen LogP contribution in [-0.4, -0.2) is 27.4 Å². The SMILES string of the molecule is CC(C)CCNc1c(Cl)cnc(N)c1CNC(=O)c1cnccn1. The zero-order valence-corrected chi connectivity index (χ0v) is 14.5. The molecule has 0 aliphatic heterocycles. The van der Waals surface area contributed by atoms with Gasteiger partial charge >= 0.3 is 0 Å². The zero-order valence-electron chi connectivity index (χ0n) is 13.7. The van der Waals surface area contributed by atoms with E-state index < -0.39 is 0 Å². The van der Waals surface area contributed by atoms with E-state index in [9.17, 15) is 4.79 Å². The molecule has 0 aromatic carbocycles. The lowest BCUT2D eigenvalue weighted by Crippen LogP contribution is -2.25. The van der Waals surface area contributed by atoms with Crippen molar-refractivity contribution in [1.82, 2.24) is 20.3 Å². The van der Waals surface area contributed by atoms with Crippen molar-refractivity contribution in [3.63, 3.8) is 0 Å². The molecule has 2 heterocycles. The van der Waals surface area contributed by atoms with E-state index >= 15 is 0 Å². The number of carbonyl (C=O) groups is 1. The number of rotatable bonds is 7. The van der Waals surface area contributed by atoms with Crippen molar-refractivity contribution in [3.8, 4) is 0 Å². The zero-order chi connectivity index (χ0) is 17.5. The molecule has 24 heavy (non-hydrogen) atoms. The van der Waals surface area contributed by atoms with E-state index in [0.29, 0.717) is 28.0 Å². The molecule has 7 nitrogen and oxygen atoms in total. The van der Waals surface area contributed by atoms with Crippen LogP contribution in [0.25, 0.3) is 0 Å². The Bertz CT molecular complexity index is 692. The molecule has 128 valence electrons. The molecule has 0 aliphatic carbocycles. The van der Waals surface area contributed by atoms with Gasteiger partial charge in [-0.3, -0.25) is 9.78 Å². The molecular weight excluding hydrogens is 328 g/mol. The fourth-order valence-corrected chi connectivity index (χ4v) is 2.30. The van der Waals surface area contributed by atoms with Gasteiger partial charge in [-0.05, 0) is 12.3 Å². The molecule has 0 radical (unpaired) electrons. The van der Waals surface area contributed by atoms with E-state index in [4.69, 9.17) is 17.3 Å². The number of anilines is 2. The van der Waals surface area contributed by atoms with E-state index in [0.717, 1.165) is 13.0 Å². The van der Waals surface area contributed by atoms with Crippen LogP contribution in [-0.2, 0) is 6.54 Å². The minimum atomic E-state index is -0.337. The third-order valence-electron chi connectivity index (χ3n) is 3.41. The Morgan fingerprint density at radius 3 is 2.75 bits per heavy atom. The maximum Gasteiger partial charge on any atom is 0.271 e. The molecule has 0 saturated carbocycles. The maximum atomic E-state index is 12.1. The molecule has 0 fully saturated rings. The summed E-state index contributed by atoms with van der Waals surface area (Å²) in [4.78, 5) is 24.0. The van der Waals surface area contributed by atoms with E-state index in [1.165, 1.54) is 24.8 Å². The van der Waals surface area contributed by atoms with Crippen LogP contribution in [0.4, 0.5) is 11.5 Å². The summed E-state index contributed by atoms with van der Waals surface area (Å²) in [5.41, 5.74) is 7.55. The topological polar surface area (TPSA) is 106 Å². The highest BCUT2D eigenvalue weighted by molar-refractivity contribution is 6.33. The van der Waals surface area contributed by atoms with Gasteiger partial charge in [-0.15, -0.1) is 0 Å². The number of nitrogen functional groups attached to an aromatic ring is 1. The second kappa shape index (κ2) is 8.44. The molecule has 0 atom stereocenters. The average molecular weight is 349 g/mol. The summed E-state index contributed by atoms with van der Waals surface area (Å²) in [5.74, 6) is 0.553. The molecule has 2 aromatic heterocycles. The molecule has 0 unspecified atom stereocenters. The highest BCUT2D eigenvalue weighted by Crippen LogP contribution is 2.29. The highest BCUT2D eigenvalue weighted by Gasteiger charge is 2.14. The third-order valence-corrected chi connectivity index (χ3v) is 3.70. The van der Waals surface area contributed by atoms with Crippen molar-refractivity contribution in [2.75, 3.05) is 17.6 Å². The Labute approximate surface area is 146 Å². The summed E-state index contributed by atoms with van der Waals surface area (Å²) in [6, 6.07) is 0. The Morgan fingerprint density at radius 2 is 2.08 bits per heavy atom. The van der Waals surface area contributed by atoms with E-state index in [1.807, 2.05) is 0 Å². The van der Waals surface area contributed by atoms with Crippen LogP contribution in [0.5, 0.6) is 0 Å². The quantitative estimate of drug-likeness (QED) is 0.709. The Balaban J connectivity index is 2.10. The monoisotopic (exact) mass is 348 g/mol. The van der Waals surface area contributed by atoms with Gasteiger partial charge in [0.2, 0.25) is 0 Å². The van der Waals surface area contributed by atoms with Crippen LogP contribution >= 0.6 is 11.6 Å². The van der Waals surface area contributed by atoms with Gasteiger partial charge < -0.3 is 16.4 Å². The van der Waals surface area contributed by atoms with Gasteiger partial charge in [0, 0.05) is 31.0 Å². The van der Waals surface area contributed by atoms with E-state index in [2.05, 4.69) is 39.4 Å². The maximum absolute atomic E-state index is 12.1. The van der Waals surface area contributed by atoms with Gasteiger partial charge in [-0.1, -0.05) is 25.4 Å². The lowest BCUT2D eigenvalue weighted by Gasteiger charge is -2.16. The summed E-state index contributed by atoms with van der Waals surface area (Å²) in [6.45, 7) is 5.24. The molecular formula is C16H21ClN6O. The van der Waals surface area contributed by atoms with Crippen LogP contribution in [0, 0.1) is 5.92 Å².